The van der Waals surface area contributed by atoms with Crippen molar-refractivity contribution >= 4 is 11.8 Å². The lowest BCUT2D eigenvalue weighted by atomic mass is 9.95. The number of likely N-dealkylation sites (tertiary alicyclic amines) is 1. The van der Waals surface area contributed by atoms with Crippen molar-refractivity contribution in [3.8, 4) is 0 Å². The number of hydrogen-bond acceptors (Lipinski definition) is 3. The van der Waals surface area contributed by atoms with E-state index < -0.39 is 0 Å². The van der Waals surface area contributed by atoms with Crippen molar-refractivity contribution in [1.82, 2.24) is 10.2 Å². The van der Waals surface area contributed by atoms with Crippen LogP contribution in [0.25, 0.3) is 0 Å². The molecule has 0 aliphatic carbocycles. The van der Waals surface area contributed by atoms with Crippen LogP contribution >= 0.6 is 0 Å². The molecule has 1 N–H and O–H groups in total. The van der Waals surface area contributed by atoms with Crippen LogP contribution in [0.3, 0.4) is 0 Å². The van der Waals surface area contributed by atoms with E-state index in [4.69, 9.17) is 4.42 Å². The monoisotopic (exact) mass is 340 g/mol. The Morgan fingerprint density at radius 3 is 2.56 bits per heavy atom. The van der Waals surface area contributed by atoms with Crippen molar-refractivity contribution < 1.29 is 14.0 Å². The van der Waals surface area contributed by atoms with Crippen molar-refractivity contribution in [2.24, 2.45) is 5.92 Å². The summed E-state index contributed by atoms with van der Waals surface area (Å²) in [4.78, 5) is 26.3. The lowest BCUT2D eigenvalue weighted by Gasteiger charge is -2.31. The molecule has 0 atom stereocenters. The third kappa shape index (κ3) is 4.72. The number of amides is 2. The number of hydrogen-bond donors (Lipinski definition) is 1. The Balaban J connectivity index is 1.36. The van der Waals surface area contributed by atoms with Gasteiger partial charge in [-0.15, -0.1) is 0 Å². The zero-order chi connectivity index (χ0) is 17.5. The molecule has 132 valence electrons. The number of piperidine rings is 1. The summed E-state index contributed by atoms with van der Waals surface area (Å²) in [6.07, 6.45) is 6.31. The summed E-state index contributed by atoms with van der Waals surface area (Å²) in [5.41, 5.74) is 1.87. The average molecular weight is 340 g/mol. The predicted molar refractivity (Wildman–Crippen MR) is 95.1 cm³/mol. The van der Waals surface area contributed by atoms with Gasteiger partial charge >= 0.3 is 0 Å². The van der Waals surface area contributed by atoms with Crippen molar-refractivity contribution in [3.63, 3.8) is 0 Å². The van der Waals surface area contributed by atoms with Crippen LogP contribution in [-0.4, -0.2) is 36.3 Å². The van der Waals surface area contributed by atoms with Crippen molar-refractivity contribution in [2.45, 2.75) is 25.7 Å². The van der Waals surface area contributed by atoms with Crippen LogP contribution in [0, 0.1) is 5.92 Å². The van der Waals surface area contributed by atoms with Crippen molar-refractivity contribution in [3.05, 3.63) is 60.1 Å². The molecule has 1 aromatic carbocycles. The molecule has 0 unspecified atom stereocenters. The van der Waals surface area contributed by atoms with E-state index in [1.807, 2.05) is 18.2 Å². The van der Waals surface area contributed by atoms with Gasteiger partial charge in [-0.1, -0.05) is 30.3 Å². The molecule has 2 heterocycles. The standard InChI is InChI=1S/C20H24N2O3/c23-19(21-11-4-7-16-5-2-1-3-6-16)17-8-12-22(13-9-17)20(24)18-10-14-25-15-18/h1-3,5-6,10,14-15,17H,4,7-9,11-13H2,(H,21,23). The zero-order valence-electron chi connectivity index (χ0n) is 14.3. The van der Waals surface area contributed by atoms with Gasteiger partial charge in [-0.25, -0.2) is 0 Å². The van der Waals surface area contributed by atoms with E-state index in [1.165, 1.54) is 18.1 Å². The summed E-state index contributed by atoms with van der Waals surface area (Å²) in [6.45, 7) is 1.93. The van der Waals surface area contributed by atoms with E-state index in [2.05, 4.69) is 17.4 Å². The number of benzene rings is 1. The molecule has 25 heavy (non-hydrogen) atoms. The van der Waals surface area contributed by atoms with Gasteiger partial charge in [0.2, 0.25) is 5.91 Å². The number of carbonyl (C=O) groups excluding carboxylic acids is 2. The summed E-state index contributed by atoms with van der Waals surface area (Å²) in [6, 6.07) is 12.0. The average Bonchev–Trinajstić information content (AvgIpc) is 3.20. The molecule has 1 aromatic heterocycles. The molecular formula is C20H24N2O3. The van der Waals surface area contributed by atoms with Gasteiger partial charge in [0.1, 0.15) is 6.26 Å². The minimum absolute atomic E-state index is 0.00475. The fraction of sp³-hybridized carbons (Fsp3) is 0.400. The lowest BCUT2D eigenvalue weighted by molar-refractivity contribution is -0.126. The Hall–Kier alpha value is -2.56. The van der Waals surface area contributed by atoms with Crippen LogP contribution in [0.2, 0.25) is 0 Å². The van der Waals surface area contributed by atoms with Gasteiger partial charge < -0.3 is 14.6 Å². The number of carbonyl (C=O) groups is 2. The quantitative estimate of drug-likeness (QED) is 0.823. The molecule has 2 aromatic rings. The number of nitrogens with one attached hydrogen (secondary N) is 1. The maximum Gasteiger partial charge on any atom is 0.257 e. The van der Waals surface area contributed by atoms with Crippen LogP contribution < -0.4 is 5.32 Å². The lowest BCUT2D eigenvalue weighted by Crippen LogP contribution is -2.43. The van der Waals surface area contributed by atoms with E-state index in [-0.39, 0.29) is 17.7 Å². The fourth-order valence-electron chi connectivity index (χ4n) is 3.21. The predicted octanol–water partition coefficient (Wildman–Crippen LogP) is 2.88. The highest BCUT2D eigenvalue weighted by Gasteiger charge is 2.27. The van der Waals surface area contributed by atoms with E-state index in [1.54, 1.807) is 11.0 Å². The Morgan fingerprint density at radius 1 is 1.12 bits per heavy atom. The molecule has 5 heteroatoms. The van der Waals surface area contributed by atoms with E-state index in [0.717, 1.165) is 12.8 Å². The molecule has 0 saturated carbocycles. The first-order chi connectivity index (χ1) is 12.2. The van der Waals surface area contributed by atoms with Crippen LogP contribution in [0.1, 0.15) is 35.2 Å². The maximum atomic E-state index is 12.3. The van der Waals surface area contributed by atoms with E-state index in [9.17, 15) is 9.59 Å². The van der Waals surface area contributed by atoms with Crippen molar-refractivity contribution in [1.29, 1.82) is 0 Å². The van der Waals surface area contributed by atoms with Crippen LogP contribution in [0.4, 0.5) is 0 Å². The number of furan rings is 1. The first kappa shape index (κ1) is 17.3. The van der Waals surface area contributed by atoms with Gasteiger partial charge in [0.25, 0.3) is 5.91 Å². The minimum Gasteiger partial charge on any atom is -0.472 e. The highest BCUT2D eigenvalue weighted by molar-refractivity contribution is 5.94. The van der Waals surface area contributed by atoms with Crippen molar-refractivity contribution in [2.75, 3.05) is 19.6 Å². The van der Waals surface area contributed by atoms with Crippen LogP contribution in [0.5, 0.6) is 0 Å². The van der Waals surface area contributed by atoms with Gasteiger partial charge in [0.15, 0.2) is 0 Å². The van der Waals surface area contributed by atoms with Crippen LogP contribution in [0.15, 0.2) is 53.3 Å². The number of nitrogens with zero attached hydrogens (tertiary/aromatic N) is 1. The van der Waals surface area contributed by atoms with E-state index in [0.29, 0.717) is 38.0 Å². The summed E-state index contributed by atoms with van der Waals surface area (Å²) in [5, 5.41) is 3.04. The van der Waals surface area contributed by atoms with Crippen LogP contribution in [-0.2, 0) is 11.2 Å². The first-order valence-corrected chi connectivity index (χ1v) is 8.87. The Bertz CT molecular complexity index is 674. The zero-order valence-corrected chi connectivity index (χ0v) is 14.3. The van der Waals surface area contributed by atoms with Gasteiger partial charge in [-0.2, -0.15) is 0 Å². The smallest absolute Gasteiger partial charge is 0.257 e. The summed E-state index contributed by atoms with van der Waals surface area (Å²) in [7, 11) is 0. The molecule has 1 fully saturated rings. The summed E-state index contributed by atoms with van der Waals surface area (Å²) in [5.74, 6) is 0.101. The number of rotatable bonds is 6. The normalized spacial score (nSPS) is 15.1. The largest absolute Gasteiger partial charge is 0.472 e. The molecule has 3 rings (SSSR count). The van der Waals surface area contributed by atoms with E-state index >= 15 is 0 Å². The van der Waals surface area contributed by atoms with Gasteiger partial charge in [0.05, 0.1) is 11.8 Å². The summed E-state index contributed by atoms with van der Waals surface area (Å²) < 4.78 is 4.96. The molecule has 1 aliphatic rings. The summed E-state index contributed by atoms with van der Waals surface area (Å²) >= 11 is 0. The van der Waals surface area contributed by atoms with Gasteiger partial charge in [0, 0.05) is 25.6 Å². The fourth-order valence-corrected chi connectivity index (χ4v) is 3.21. The molecule has 1 aliphatic heterocycles. The Morgan fingerprint density at radius 2 is 1.88 bits per heavy atom. The van der Waals surface area contributed by atoms with Gasteiger partial charge in [-0.05, 0) is 37.3 Å². The molecule has 5 nitrogen and oxygen atoms in total. The third-order valence-corrected chi connectivity index (χ3v) is 4.71. The first-order valence-electron chi connectivity index (χ1n) is 8.87. The Labute approximate surface area is 148 Å². The molecule has 2 amide bonds. The SMILES string of the molecule is O=C(NCCCc1ccccc1)C1CCN(C(=O)c2ccoc2)CC1. The number of aryl methyl sites for hydroxylation is 1. The second kappa shape index (κ2) is 8.51. The maximum absolute atomic E-state index is 12.3. The minimum atomic E-state index is -0.0181. The Kier molecular flexibility index (Phi) is 5.88. The molecule has 0 spiro atoms. The molecular weight excluding hydrogens is 316 g/mol. The molecule has 1 saturated heterocycles. The topological polar surface area (TPSA) is 62.6 Å². The molecule has 0 bridgehead atoms. The highest BCUT2D eigenvalue weighted by atomic mass is 16.3. The second-order valence-corrected chi connectivity index (χ2v) is 6.46. The highest BCUT2D eigenvalue weighted by Crippen LogP contribution is 2.19. The van der Waals surface area contributed by atoms with Gasteiger partial charge in [-0.3, -0.25) is 9.59 Å². The third-order valence-electron chi connectivity index (χ3n) is 4.71. The molecule has 0 radical (unpaired) electrons. The second-order valence-electron chi connectivity index (χ2n) is 6.46.